The number of hydrogen-bond acceptors (Lipinski definition) is 1. The molecule has 1 rings (SSSR count). The molecule has 0 saturated heterocycles. The summed E-state index contributed by atoms with van der Waals surface area (Å²) in [5.41, 5.74) is 6.87. The van der Waals surface area contributed by atoms with Gasteiger partial charge in [-0.15, -0.1) is 11.8 Å². The predicted molar refractivity (Wildman–Crippen MR) is 64.1 cm³/mol. The van der Waals surface area contributed by atoms with E-state index in [2.05, 4.69) is 27.8 Å². The fourth-order valence-corrected chi connectivity index (χ4v) is 1.94. The molecule has 1 aromatic carbocycles. The summed E-state index contributed by atoms with van der Waals surface area (Å²) in [6.45, 7) is 1.80. The summed E-state index contributed by atoms with van der Waals surface area (Å²) in [7, 11) is 0. The number of benzene rings is 1. The van der Waals surface area contributed by atoms with Gasteiger partial charge >= 0.3 is 0 Å². The summed E-state index contributed by atoms with van der Waals surface area (Å²) in [6.07, 6.45) is 0.637. The topological polar surface area (TPSA) is 26.0 Å². The molecule has 0 aromatic heterocycles. The van der Waals surface area contributed by atoms with Gasteiger partial charge in [0.15, 0.2) is 0 Å². The van der Waals surface area contributed by atoms with Gasteiger partial charge in [0.05, 0.1) is 0 Å². The Hall–Kier alpha value is -0.490. The van der Waals surface area contributed by atoms with Gasteiger partial charge in [-0.05, 0) is 24.6 Å². The van der Waals surface area contributed by atoms with E-state index in [0.29, 0.717) is 11.4 Å². The van der Waals surface area contributed by atoms with Crippen LogP contribution in [0.4, 0.5) is 0 Å². The zero-order chi connectivity index (χ0) is 10.6. The van der Waals surface area contributed by atoms with Gasteiger partial charge in [-0.1, -0.05) is 33.6 Å². The molecule has 0 aliphatic rings. The quantitative estimate of drug-likeness (QED) is 0.819. The molecule has 1 aromatic rings. The van der Waals surface area contributed by atoms with Gasteiger partial charge < -0.3 is 5.73 Å². The monoisotopic (exact) mass is 271 g/mol. The molecule has 0 radical (unpaired) electrons. The summed E-state index contributed by atoms with van der Waals surface area (Å²) in [6, 6.07) is 5.59. The summed E-state index contributed by atoms with van der Waals surface area (Å²) < 4.78 is 0.958. The van der Waals surface area contributed by atoms with Gasteiger partial charge in [-0.2, -0.15) is 0 Å². The normalized spacial score (nSPS) is 11.7. The molecule has 0 spiro atoms. The summed E-state index contributed by atoms with van der Waals surface area (Å²) >= 11 is 9.39. The van der Waals surface area contributed by atoms with E-state index in [0.717, 1.165) is 10.0 Å². The first-order chi connectivity index (χ1) is 6.65. The fourth-order valence-electron chi connectivity index (χ4n) is 1.12. The van der Waals surface area contributed by atoms with E-state index in [9.17, 15) is 0 Å². The van der Waals surface area contributed by atoms with E-state index in [1.165, 1.54) is 0 Å². The highest BCUT2D eigenvalue weighted by Gasteiger charge is 2.08. The maximum absolute atomic E-state index is 6.05. The maximum Gasteiger partial charge on any atom is 0.0465 e. The maximum atomic E-state index is 6.05. The number of rotatable bonds is 2. The lowest BCUT2D eigenvalue weighted by atomic mass is 10.1. The Balaban J connectivity index is 2.88. The Morgan fingerprint density at radius 2 is 2.29 bits per heavy atom. The van der Waals surface area contributed by atoms with Crippen LogP contribution in [0.25, 0.3) is 0 Å². The molecule has 2 N–H and O–H groups in total. The van der Waals surface area contributed by atoms with Crippen LogP contribution in [0.5, 0.6) is 0 Å². The minimum Gasteiger partial charge on any atom is -0.323 e. The van der Waals surface area contributed by atoms with Crippen molar-refractivity contribution in [3.05, 3.63) is 33.3 Å². The minimum atomic E-state index is -0.108. The lowest BCUT2D eigenvalue weighted by Crippen LogP contribution is -2.09. The second kappa shape index (κ2) is 5.41. The molecular weight excluding hydrogens is 261 g/mol. The van der Waals surface area contributed by atoms with Crippen molar-refractivity contribution >= 4 is 27.5 Å². The SMILES string of the molecule is CC#CCC(N)c1ccc(Br)cc1Cl. The van der Waals surface area contributed by atoms with Gasteiger partial charge in [0.2, 0.25) is 0 Å². The molecular formula is C11H11BrClN. The predicted octanol–water partition coefficient (Wildman–Crippen LogP) is 3.52. The fraction of sp³-hybridized carbons (Fsp3) is 0.273. The number of nitrogens with two attached hydrogens (primary N) is 1. The standard InChI is InChI=1S/C11H11BrClN/c1-2-3-4-11(14)9-6-5-8(12)7-10(9)13/h5-7,11H,4,14H2,1H3. The highest BCUT2D eigenvalue weighted by molar-refractivity contribution is 9.10. The molecule has 14 heavy (non-hydrogen) atoms. The molecule has 0 fully saturated rings. The number of hydrogen-bond donors (Lipinski definition) is 1. The molecule has 1 atom stereocenters. The zero-order valence-corrected chi connectivity index (χ0v) is 10.2. The Morgan fingerprint density at radius 3 is 2.86 bits per heavy atom. The van der Waals surface area contributed by atoms with E-state index >= 15 is 0 Å². The molecule has 0 saturated carbocycles. The molecule has 1 unspecified atom stereocenters. The van der Waals surface area contributed by atoms with Gasteiger partial charge in [0.1, 0.15) is 0 Å². The van der Waals surface area contributed by atoms with Crippen molar-refractivity contribution in [3.63, 3.8) is 0 Å². The van der Waals surface area contributed by atoms with Crippen LogP contribution in [0.3, 0.4) is 0 Å². The van der Waals surface area contributed by atoms with E-state index in [1.54, 1.807) is 6.92 Å². The molecule has 0 heterocycles. The van der Waals surface area contributed by atoms with Crippen LogP contribution in [0, 0.1) is 11.8 Å². The van der Waals surface area contributed by atoms with Crippen molar-refractivity contribution in [3.8, 4) is 11.8 Å². The molecule has 0 amide bonds. The molecule has 0 aliphatic carbocycles. The van der Waals surface area contributed by atoms with E-state index in [4.69, 9.17) is 17.3 Å². The minimum absolute atomic E-state index is 0.108. The molecule has 0 bridgehead atoms. The first kappa shape index (κ1) is 11.6. The highest BCUT2D eigenvalue weighted by atomic mass is 79.9. The van der Waals surface area contributed by atoms with Crippen LogP contribution >= 0.6 is 27.5 Å². The molecule has 1 nitrogen and oxygen atoms in total. The highest BCUT2D eigenvalue weighted by Crippen LogP contribution is 2.26. The van der Waals surface area contributed by atoms with Gasteiger partial charge in [0.25, 0.3) is 0 Å². The Kier molecular flexibility index (Phi) is 4.47. The largest absolute Gasteiger partial charge is 0.323 e. The third-order valence-electron chi connectivity index (χ3n) is 1.86. The third kappa shape index (κ3) is 3.02. The van der Waals surface area contributed by atoms with E-state index in [1.807, 2.05) is 18.2 Å². The Labute approximate surface area is 97.8 Å². The molecule has 74 valence electrons. The molecule has 0 aliphatic heterocycles. The van der Waals surface area contributed by atoms with E-state index < -0.39 is 0 Å². The Morgan fingerprint density at radius 1 is 1.57 bits per heavy atom. The first-order valence-corrected chi connectivity index (χ1v) is 5.42. The van der Waals surface area contributed by atoms with Crippen LogP contribution in [0.1, 0.15) is 24.9 Å². The second-order valence-electron chi connectivity index (χ2n) is 2.90. The average molecular weight is 273 g/mol. The van der Waals surface area contributed by atoms with Gasteiger partial charge in [-0.25, -0.2) is 0 Å². The van der Waals surface area contributed by atoms with Crippen LogP contribution in [-0.2, 0) is 0 Å². The van der Waals surface area contributed by atoms with Crippen molar-refractivity contribution in [2.24, 2.45) is 5.73 Å². The summed E-state index contributed by atoms with van der Waals surface area (Å²) in [5.74, 6) is 5.76. The van der Waals surface area contributed by atoms with Crippen molar-refractivity contribution in [1.29, 1.82) is 0 Å². The smallest absolute Gasteiger partial charge is 0.0465 e. The lowest BCUT2D eigenvalue weighted by molar-refractivity contribution is 0.754. The molecule has 3 heteroatoms. The zero-order valence-electron chi connectivity index (χ0n) is 7.85. The van der Waals surface area contributed by atoms with Crippen LogP contribution in [0.15, 0.2) is 22.7 Å². The second-order valence-corrected chi connectivity index (χ2v) is 4.23. The van der Waals surface area contributed by atoms with Crippen LogP contribution in [0.2, 0.25) is 5.02 Å². The van der Waals surface area contributed by atoms with Crippen LogP contribution in [-0.4, -0.2) is 0 Å². The van der Waals surface area contributed by atoms with E-state index in [-0.39, 0.29) is 6.04 Å². The van der Waals surface area contributed by atoms with Crippen molar-refractivity contribution in [1.82, 2.24) is 0 Å². The van der Waals surface area contributed by atoms with Gasteiger partial charge in [0, 0.05) is 22.0 Å². The van der Waals surface area contributed by atoms with Crippen molar-refractivity contribution < 1.29 is 0 Å². The Bertz CT molecular complexity index is 379. The first-order valence-electron chi connectivity index (χ1n) is 4.25. The lowest BCUT2D eigenvalue weighted by Gasteiger charge is -2.10. The summed E-state index contributed by atoms with van der Waals surface area (Å²) in [5, 5.41) is 0.685. The van der Waals surface area contributed by atoms with Crippen molar-refractivity contribution in [2.75, 3.05) is 0 Å². The van der Waals surface area contributed by atoms with Crippen LogP contribution < -0.4 is 5.73 Å². The third-order valence-corrected chi connectivity index (χ3v) is 2.68. The van der Waals surface area contributed by atoms with Crippen molar-refractivity contribution in [2.45, 2.75) is 19.4 Å². The average Bonchev–Trinajstić information content (AvgIpc) is 2.14. The van der Waals surface area contributed by atoms with Gasteiger partial charge in [-0.3, -0.25) is 0 Å². The summed E-state index contributed by atoms with van der Waals surface area (Å²) in [4.78, 5) is 0. The number of halogens is 2.